The SMILES string of the molecule is CN(C)/C=C/c1cccc[n+]1C. The molecule has 0 atom stereocenters. The molecule has 0 saturated heterocycles. The van der Waals surface area contributed by atoms with E-state index in [0.29, 0.717) is 0 Å². The van der Waals surface area contributed by atoms with Gasteiger partial charge in [0, 0.05) is 38.5 Å². The first-order chi connectivity index (χ1) is 5.70. The summed E-state index contributed by atoms with van der Waals surface area (Å²) in [5.41, 5.74) is 1.20. The van der Waals surface area contributed by atoms with Gasteiger partial charge in [0.05, 0.1) is 0 Å². The zero-order valence-electron chi connectivity index (χ0n) is 7.86. The van der Waals surface area contributed by atoms with Crippen LogP contribution < -0.4 is 4.57 Å². The van der Waals surface area contributed by atoms with Gasteiger partial charge in [0.1, 0.15) is 7.05 Å². The Labute approximate surface area is 73.8 Å². The molecule has 2 heteroatoms. The van der Waals surface area contributed by atoms with Crippen molar-refractivity contribution in [1.29, 1.82) is 0 Å². The molecule has 1 aromatic heterocycles. The van der Waals surface area contributed by atoms with Crippen LogP contribution in [0.2, 0.25) is 0 Å². The van der Waals surface area contributed by atoms with Gasteiger partial charge in [-0.05, 0) is 6.07 Å². The largest absolute Gasteiger partial charge is 0.383 e. The van der Waals surface area contributed by atoms with E-state index in [2.05, 4.69) is 16.7 Å². The van der Waals surface area contributed by atoms with Crippen LogP contribution in [0, 0.1) is 0 Å². The van der Waals surface area contributed by atoms with Gasteiger partial charge in [0.15, 0.2) is 6.20 Å². The molecule has 12 heavy (non-hydrogen) atoms. The molecule has 0 fully saturated rings. The lowest BCUT2D eigenvalue weighted by molar-refractivity contribution is -0.673. The average Bonchev–Trinajstić information content (AvgIpc) is 2.03. The highest BCUT2D eigenvalue weighted by molar-refractivity contribution is 5.40. The van der Waals surface area contributed by atoms with Gasteiger partial charge in [-0.15, -0.1) is 0 Å². The molecule has 1 rings (SSSR count). The van der Waals surface area contributed by atoms with E-state index >= 15 is 0 Å². The minimum absolute atomic E-state index is 1.20. The summed E-state index contributed by atoms with van der Waals surface area (Å²) in [7, 11) is 6.06. The zero-order chi connectivity index (χ0) is 8.97. The number of rotatable bonds is 2. The van der Waals surface area contributed by atoms with Gasteiger partial charge in [0.25, 0.3) is 0 Å². The Morgan fingerprint density at radius 2 is 2.08 bits per heavy atom. The Morgan fingerprint density at radius 3 is 2.67 bits per heavy atom. The van der Waals surface area contributed by atoms with Gasteiger partial charge in [0.2, 0.25) is 5.69 Å². The van der Waals surface area contributed by atoms with E-state index in [-0.39, 0.29) is 0 Å². The molecule has 2 nitrogen and oxygen atoms in total. The number of nitrogens with zero attached hydrogens (tertiary/aromatic N) is 2. The van der Waals surface area contributed by atoms with E-state index in [1.807, 2.05) is 50.6 Å². The van der Waals surface area contributed by atoms with E-state index in [1.54, 1.807) is 0 Å². The summed E-state index contributed by atoms with van der Waals surface area (Å²) in [5, 5.41) is 0. The first-order valence-electron chi connectivity index (χ1n) is 3.99. The van der Waals surface area contributed by atoms with E-state index in [1.165, 1.54) is 5.69 Å². The Balaban J connectivity index is 2.82. The third-order valence-corrected chi connectivity index (χ3v) is 1.64. The highest BCUT2D eigenvalue weighted by Crippen LogP contribution is 1.93. The third kappa shape index (κ3) is 2.38. The van der Waals surface area contributed by atoms with Crippen LogP contribution in [0.4, 0.5) is 0 Å². The van der Waals surface area contributed by atoms with Crippen LogP contribution in [0.15, 0.2) is 30.6 Å². The van der Waals surface area contributed by atoms with Crippen molar-refractivity contribution in [3.63, 3.8) is 0 Å². The molecular weight excluding hydrogens is 148 g/mol. The molecule has 0 aliphatic heterocycles. The standard InChI is InChI=1S/C10H15N2/c1-11(2)9-7-10-6-4-5-8-12(10)3/h4-9H,1-3H3/q+1. The molecular formula is C10H15N2+. The van der Waals surface area contributed by atoms with Gasteiger partial charge in [-0.25, -0.2) is 4.57 Å². The van der Waals surface area contributed by atoms with Crippen molar-refractivity contribution in [1.82, 2.24) is 4.90 Å². The van der Waals surface area contributed by atoms with Gasteiger partial charge in [-0.2, -0.15) is 0 Å². The summed E-state index contributed by atoms with van der Waals surface area (Å²) >= 11 is 0. The summed E-state index contributed by atoms with van der Waals surface area (Å²) in [5.74, 6) is 0. The van der Waals surface area contributed by atoms with Crippen molar-refractivity contribution in [3.8, 4) is 0 Å². The summed E-state index contributed by atoms with van der Waals surface area (Å²) in [6.07, 6.45) is 6.16. The maximum atomic E-state index is 2.08. The first kappa shape index (κ1) is 8.78. The average molecular weight is 163 g/mol. The fraction of sp³-hybridized carbons (Fsp3) is 0.300. The molecule has 0 unspecified atom stereocenters. The molecule has 64 valence electrons. The van der Waals surface area contributed by atoms with Crippen LogP contribution in [0.1, 0.15) is 5.69 Å². The summed E-state index contributed by atoms with van der Waals surface area (Å²) in [6.45, 7) is 0. The quantitative estimate of drug-likeness (QED) is 0.591. The van der Waals surface area contributed by atoms with Crippen LogP contribution in [-0.4, -0.2) is 19.0 Å². The van der Waals surface area contributed by atoms with Crippen molar-refractivity contribution < 1.29 is 4.57 Å². The fourth-order valence-corrected chi connectivity index (χ4v) is 0.935. The molecule has 0 N–H and O–H groups in total. The molecule has 1 aromatic rings. The lowest BCUT2D eigenvalue weighted by Crippen LogP contribution is -2.30. The number of hydrogen-bond donors (Lipinski definition) is 0. The number of aryl methyl sites for hydroxylation is 1. The van der Waals surface area contributed by atoms with E-state index < -0.39 is 0 Å². The first-order valence-corrected chi connectivity index (χ1v) is 3.99. The third-order valence-electron chi connectivity index (χ3n) is 1.64. The Hall–Kier alpha value is -1.31. The maximum Gasteiger partial charge on any atom is 0.206 e. The second kappa shape index (κ2) is 3.90. The predicted molar refractivity (Wildman–Crippen MR) is 50.3 cm³/mol. The van der Waals surface area contributed by atoms with E-state index in [4.69, 9.17) is 0 Å². The van der Waals surface area contributed by atoms with Crippen molar-refractivity contribution in [3.05, 3.63) is 36.3 Å². The predicted octanol–water partition coefficient (Wildman–Crippen LogP) is 1.04. The molecule has 0 aromatic carbocycles. The van der Waals surface area contributed by atoms with Crippen LogP contribution in [0.3, 0.4) is 0 Å². The van der Waals surface area contributed by atoms with Gasteiger partial charge in [-0.1, -0.05) is 0 Å². The molecule has 1 heterocycles. The van der Waals surface area contributed by atoms with Gasteiger partial charge in [-0.3, -0.25) is 0 Å². The molecule has 0 aliphatic rings. The lowest BCUT2D eigenvalue weighted by Gasteiger charge is -2.01. The smallest absolute Gasteiger partial charge is 0.206 e. The Kier molecular flexibility index (Phi) is 2.86. The second-order valence-corrected chi connectivity index (χ2v) is 3.02. The normalized spacial score (nSPS) is 10.6. The Morgan fingerprint density at radius 1 is 1.33 bits per heavy atom. The molecule has 0 spiro atoms. The van der Waals surface area contributed by atoms with Gasteiger partial charge < -0.3 is 4.90 Å². The summed E-state index contributed by atoms with van der Waals surface area (Å²) < 4.78 is 2.08. The number of pyridine rings is 1. The van der Waals surface area contributed by atoms with Crippen LogP contribution in [0.25, 0.3) is 6.08 Å². The summed E-state index contributed by atoms with van der Waals surface area (Å²) in [6, 6.07) is 6.14. The molecule has 0 amide bonds. The van der Waals surface area contributed by atoms with Crippen LogP contribution in [-0.2, 0) is 7.05 Å². The van der Waals surface area contributed by atoms with Gasteiger partial charge >= 0.3 is 0 Å². The number of hydrogen-bond acceptors (Lipinski definition) is 1. The van der Waals surface area contributed by atoms with Crippen molar-refractivity contribution >= 4 is 6.08 Å². The highest BCUT2D eigenvalue weighted by atomic mass is 15.0. The van der Waals surface area contributed by atoms with Crippen LogP contribution >= 0.6 is 0 Å². The molecule has 0 bridgehead atoms. The molecule has 0 radical (unpaired) electrons. The second-order valence-electron chi connectivity index (χ2n) is 3.02. The van der Waals surface area contributed by atoms with E-state index in [9.17, 15) is 0 Å². The molecule has 0 aliphatic carbocycles. The highest BCUT2D eigenvalue weighted by Gasteiger charge is 1.97. The van der Waals surface area contributed by atoms with E-state index in [0.717, 1.165) is 0 Å². The van der Waals surface area contributed by atoms with Crippen LogP contribution in [0.5, 0.6) is 0 Å². The zero-order valence-corrected chi connectivity index (χ0v) is 7.86. The minimum Gasteiger partial charge on any atom is -0.383 e. The van der Waals surface area contributed by atoms with Crippen molar-refractivity contribution in [2.75, 3.05) is 14.1 Å². The maximum absolute atomic E-state index is 2.08. The number of aromatic nitrogens is 1. The molecule has 0 saturated carbocycles. The Bertz CT molecular complexity index is 277. The monoisotopic (exact) mass is 163 g/mol. The minimum atomic E-state index is 1.20. The summed E-state index contributed by atoms with van der Waals surface area (Å²) in [4.78, 5) is 2.02. The van der Waals surface area contributed by atoms with Crippen molar-refractivity contribution in [2.45, 2.75) is 0 Å². The topological polar surface area (TPSA) is 7.12 Å². The fourth-order valence-electron chi connectivity index (χ4n) is 0.935. The van der Waals surface area contributed by atoms with Crippen molar-refractivity contribution in [2.24, 2.45) is 7.05 Å². The lowest BCUT2D eigenvalue weighted by atomic mass is 10.3.